The fraction of sp³-hybridized carbons (Fsp3) is 0.667. The molecule has 0 amide bonds. The zero-order valence-electron chi connectivity index (χ0n) is 12.7. The van der Waals surface area contributed by atoms with Gasteiger partial charge in [-0.05, 0) is 56.2 Å². The van der Waals surface area contributed by atoms with Crippen LogP contribution in [0.5, 0.6) is 0 Å². The van der Waals surface area contributed by atoms with E-state index in [-0.39, 0.29) is 0 Å². The molecule has 2 atom stereocenters. The number of benzene rings is 1. The van der Waals surface area contributed by atoms with E-state index in [1.165, 1.54) is 56.2 Å². The van der Waals surface area contributed by atoms with Gasteiger partial charge in [-0.25, -0.2) is 0 Å². The Morgan fingerprint density at radius 1 is 1.20 bits per heavy atom. The van der Waals surface area contributed by atoms with Crippen molar-refractivity contribution >= 4 is 0 Å². The fourth-order valence-corrected chi connectivity index (χ4v) is 3.66. The summed E-state index contributed by atoms with van der Waals surface area (Å²) in [5.74, 6) is 0.829. The third-order valence-corrected chi connectivity index (χ3v) is 5.07. The Bertz CT molecular complexity index is 439. The minimum Gasteiger partial charge on any atom is -0.329 e. The molecule has 0 radical (unpaired) electrons. The second kappa shape index (κ2) is 6.28. The van der Waals surface area contributed by atoms with E-state index in [9.17, 15) is 0 Å². The molecule has 2 fully saturated rings. The first-order valence-electron chi connectivity index (χ1n) is 8.35. The van der Waals surface area contributed by atoms with Crippen molar-refractivity contribution in [2.75, 3.05) is 13.1 Å². The van der Waals surface area contributed by atoms with Gasteiger partial charge in [0.15, 0.2) is 0 Å². The molecule has 2 nitrogen and oxygen atoms in total. The summed E-state index contributed by atoms with van der Waals surface area (Å²) in [5.41, 5.74) is 9.12. The van der Waals surface area contributed by atoms with Gasteiger partial charge in [-0.2, -0.15) is 0 Å². The second-order valence-corrected chi connectivity index (χ2v) is 6.63. The van der Waals surface area contributed by atoms with Gasteiger partial charge in [0.05, 0.1) is 0 Å². The average Bonchev–Trinajstić information content (AvgIpc) is 3.30. The molecular weight excluding hydrogens is 244 g/mol. The molecule has 1 heterocycles. The van der Waals surface area contributed by atoms with Gasteiger partial charge in [-0.1, -0.05) is 37.1 Å². The van der Waals surface area contributed by atoms with Crippen LogP contribution in [-0.4, -0.2) is 24.0 Å². The number of rotatable bonds is 4. The van der Waals surface area contributed by atoms with Crippen LogP contribution >= 0.6 is 0 Å². The van der Waals surface area contributed by atoms with Crippen molar-refractivity contribution in [3.63, 3.8) is 0 Å². The molecule has 1 aromatic carbocycles. The number of nitrogens with two attached hydrogens (primary N) is 1. The molecular formula is C18H28N2. The van der Waals surface area contributed by atoms with Crippen LogP contribution < -0.4 is 5.73 Å². The molecule has 1 saturated carbocycles. The van der Waals surface area contributed by atoms with E-state index >= 15 is 0 Å². The Hall–Kier alpha value is -0.860. The third kappa shape index (κ3) is 3.07. The summed E-state index contributed by atoms with van der Waals surface area (Å²) in [7, 11) is 0. The Morgan fingerprint density at radius 3 is 2.80 bits per heavy atom. The maximum Gasteiger partial charge on any atom is 0.0473 e. The van der Waals surface area contributed by atoms with Crippen LogP contribution in [-0.2, 0) is 0 Å². The highest BCUT2D eigenvalue weighted by Crippen LogP contribution is 2.41. The SMILES string of the molecule is CC1CCCCCN1C(CN)c1cccc(C2CC2)c1. The van der Waals surface area contributed by atoms with Crippen LogP contribution in [0.1, 0.15) is 68.5 Å². The molecule has 1 aliphatic carbocycles. The van der Waals surface area contributed by atoms with Crippen molar-refractivity contribution in [1.82, 2.24) is 4.90 Å². The predicted octanol–water partition coefficient (Wildman–Crippen LogP) is 3.83. The summed E-state index contributed by atoms with van der Waals surface area (Å²) in [6.07, 6.45) is 8.13. The van der Waals surface area contributed by atoms with E-state index in [1.807, 2.05) is 0 Å². The highest BCUT2D eigenvalue weighted by Gasteiger charge is 2.27. The van der Waals surface area contributed by atoms with E-state index in [0.717, 1.165) is 12.5 Å². The first-order valence-corrected chi connectivity index (χ1v) is 8.35. The third-order valence-electron chi connectivity index (χ3n) is 5.07. The summed E-state index contributed by atoms with van der Waals surface area (Å²) in [4.78, 5) is 2.65. The topological polar surface area (TPSA) is 29.3 Å². The van der Waals surface area contributed by atoms with Crippen molar-refractivity contribution in [2.45, 2.75) is 63.5 Å². The summed E-state index contributed by atoms with van der Waals surface area (Å²) in [5, 5.41) is 0. The molecule has 2 N–H and O–H groups in total. The highest BCUT2D eigenvalue weighted by molar-refractivity contribution is 5.31. The minimum absolute atomic E-state index is 0.404. The first-order chi connectivity index (χ1) is 9.79. The van der Waals surface area contributed by atoms with Crippen LogP contribution in [0.3, 0.4) is 0 Å². The van der Waals surface area contributed by atoms with Crippen LogP contribution in [0.2, 0.25) is 0 Å². The largest absolute Gasteiger partial charge is 0.329 e. The Balaban J connectivity index is 1.82. The quantitative estimate of drug-likeness (QED) is 0.902. The lowest BCUT2D eigenvalue weighted by molar-refractivity contribution is 0.150. The van der Waals surface area contributed by atoms with E-state index in [1.54, 1.807) is 0 Å². The maximum absolute atomic E-state index is 6.15. The maximum atomic E-state index is 6.15. The predicted molar refractivity (Wildman–Crippen MR) is 84.8 cm³/mol. The lowest BCUT2D eigenvalue weighted by Crippen LogP contribution is -2.39. The summed E-state index contributed by atoms with van der Waals surface area (Å²) < 4.78 is 0. The first kappa shape index (κ1) is 14.1. The standard InChI is InChI=1S/C18H28N2/c1-14-6-3-2-4-11-20(14)18(13-19)17-8-5-7-16(12-17)15-9-10-15/h5,7-8,12,14-15,18H,2-4,6,9-11,13,19H2,1H3. The van der Waals surface area contributed by atoms with Gasteiger partial charge in [-0.3, -0.25) is 4.90 Å². The van der Waals surface area contributed by atoms with Crippen molar-refractivity contribution < 1.29 is 0 Å². The smallest absolute Gasteiger partial charge is 0.0473 e. The van der Waals surface area contributed by atoms with E-state index in [0.29, 0.717) is 12.1 Å². The summed E-state index contributed by atoms with van der Waals surface area (Å²) >= 11 is 0. The molecule has 2 unspecified atom stereocenters. The van der Waals surface area contributed by atoms with Gasteiger partial charge >= 0.3 is 0 Å². The van der Waals surface area contributed by atoms with Gasteiger partial charge in [0.1, 0.15) is 0 Å². The van der Waals surface area contributed by atoms with Crippen LogP contribution in [0.25, 0.3) is 0 Å². The molecule has 0 bridgehead atoms. The molecule has 20 heavy (non-hydrogen) atoms. The van der Waals surface area contributed by atoms with Crippen molar-refractivity contribution in [2.24, 2.45) is 5.73 Å². The van der Waals surface area contributed by atoms with Crippen molar-refractivity contribution in [3.05, 3.63) is 35.4 Å². The van der Waals surface area contributed by atoms with Gasteiger partial charge in [0.2, 0.25) is 0 Å². The molecule has 0 spiro atoms. The Morgan fingerprint density at radius 2 is 2.05 bits per heavy atom. The molecule has 1 aromatic rings. The van der Waals surface area contributed by atoms with Crippen LogP contribution in [0.4, 0.5) is 0 Å². The van der Waals surface area contributed by atoms with Crippen molar-refractivity contribution in [1.29, 1.82) is 0 Å². The van der Waals surface area contributed by atoms with Crippen LogP contribution in [0, 0.1) is 0 Å². The number of hydrogen-bond donors (Lipinski definition) is 1. The lowest BCUT2D eigenvalue weighted by atomic mass is 9.99. The molecule has 2 heteroatoms. The number of likely N-dealkylation sites (tertiary alicyclic amines) is 1. The number of hydrogen-bond acceptors (Lipinski definition) is 2. The summed E-state index contributed by atoms with van der Waals surface area (Å²) in [6, 6.07) is 10.3. The average molecular weight is 272 g/mol. The Labute approximate surface area is 123 Å². The normalized spacial score (nSPS) is 26.2. The van der Waals surface area contributed by atoms with Gasteiger partial charge < -0.3 is 5.73 Å². The fourth-order valence-electron chi connectivity index (χ4n) is 3.66. The zero-order valence-corrected chi connectivity index (χ0v) is 12.7. The van der Waals surface area contributed by atoms with E-state index in [2.05, 4.69) is 36.1 Å². The Kier molecular flexibility index (Phi) is 4.42. The lowest BCUT2D eigenvalue weighted by Gasteiger charge is -2.35. The molecule has 0 aromatic heterocycles. The highest BCUT2D eigenvalue weighted by atomic mass is 15.2. The molecule has 3 rings (SSSR count). The van der Waals surface area contributed by atoms with Crippen LogP contribution in [0.15, 0.2) is 24.3 Å². The molecule has 1 aliphatic heterocycles. The van der Waals surface area contributed by atoms with Gasteiger partial charge in [0, 0.05) is 18.6 Å². The van der Waals surface area contributed by atoms with Crippen molar-refractivity contribution in [3.8, 4) is 0 Å². The zero-order chi connectivity index (χ0) is 13.9. The van der Waals surface area contributed by atoms with E-state index < -0.39 is 0 Å². The van der Waals surface area contributed by atoms with Gasteiger partial charge in [0.25, 0.3) is 0 Å². The van der Waals surface area contributed by atoms with E-state index in [4.69, 9.17) is 5.73 Å². The summed E-state index contributed by atoms with van der Waals surface area (Å²) in [6.45, 7) is 4.31. The monoisotopic (exact) mass is 272 g/mol. The second-order valence-electron chi connectivity index (χ2n) is 6.63. The minimum atomic E-state index is 0.404. The molecule has 2 aliphatic rings. The molecule has 1 saturated heterocycles. The van der Waals surface area contributed by atoms with Gasteiger partial charge in [-0.15, -0.1) is 0 Å². The number of nitrogens with zero attached hydrogens (tertiary/aromatic N) is 1. The molecule has 110 valence electrons.